The maximum Gasteiger partial charge on any atom is 0.269 e. The Bertz CT molecular complexity index is 572. The number of nitro groups is 1. The summed E-state index contributed by atoms with van der Waals surface area (Å²) in [5, 5.41) is 13.3. The van der Waals surface area contributed by atoms with Gasteiger partial charge in [-0.2, -0.15) is 0 Å². The van der Waals surface area contributed by atoms with E-state index in [-0.39, 0.29) is 24.1 Å². The van der Waals surface area contributed by atoms with Crippen molar-refractivity contribution in [2.75, 3.05) is 19.7 Å². The molecular formula is C14H17N3O5. The maximum atomic E-state index is 12.2. The molecule has 8 nitrogen and oxygen atoms in total. The van der Waals surface area contributed by atoms with Crippen LogP contribution in [0.25, 0.3) is 0 Å². The molecule has 0 aromatic heterocycles. The summed E-state index contributed by atoms with van der Waals surface area (Å²) in [5.41, 5.74) is -0.0441. The van der Waals surface area contributed by atoms with Gasteiger partial charge in [0.2, 0.25) is 5.91 Å². The molecule has 1 aromatic rings. The molecule has 1 saturated heterocycles. The average Bonchev–Trinajstić information content (AvgIpc) is 2.52. The van der Waals surface area contributed by atoms with Crippen molar-refractivity contribution < 1.29 is 19.2 Å². The molecule has 0 saturated carbocycles. The van der Waals surface area contributed by atoms with Gasteiger partial charge in [0.05, 0.1) is 4.92 Å². The molecule has 1 aliphatic rings. The third-order valence-electron chi connectivity index (χ3n) is 3.45. The van der Waals surface area contributed by atoms with E-state index < -0.39 is 11.0 Å². The second-order valence-corrected chi connectivity index (χ2v) is 4.84. The number of carbonyl (C=O) groups excluding carboxylic acids is 2. The molecule has 0 bridgehead atoms. The van der Waals surface area contributed by atoms with Crippen molar-refractivity contribution >= 4 is 17.5 Å². The van der Waals surface area contributed by atoms with Crippen LogP contribution in [-0.2, 0) is 9.59 Å². The lowest BCUT2D eigenvalue weighted by Gasteiger charge is -2.34. The van der Waals surface area contributed by atoms with Crippen molar-refractivity contribution in [2.24, 2.45) is 0 Å². The van der Waals surface area contributed by atoms with E-state index in [1.54, 1.807) is 0 Å². The summed E-state index contributed by atoms with van der Waals surface area (Å²) >= 11 is 0. The van der Waals surface area contributed by atoms with Crippen molar-refractivity contribution in [3.05, 3.63) is 34.4 Å². The number of non-ortho nitro benzene ring substituents is 1. The van der Waals surface area contributed by atoms with Gasteiger partial charge in [-0.05, 0) is 18.6 Å². The molecule has 1 atom stereocenters. The molecular weight excluding hydrogens is 290 g/mol. The van der Waals surface area contributed by atoms with Crippen LogP contribution in [0.3, 0.4) is 0 Å². The average molecular weight is 307 g/mol. The molecule has 0 radical (unpaired) electrons. The molecule has 1 heterocycles. The number of piperazine rings is 1. The summed E-state index contributed by atoms with van der Waals surface area (Å²) in [6, 6.07) is 5.02. The number of carbonyl (C=O) groups is 2. The normalized spacial score (nSPS) is 17.8. The highest BCUT2D eigenvalue weighted by Gasteiger charge is 2.31. The fourth-order valence-electron chi connectivity index (χ4n) is 2.31. The number of rotatable bonds is 5. The van der Waals surface area contributed by atoms with Crippen molar-refractivity contribution in [1.82, 2.24) is 10.2 Å². The van der Waals surface area contributed by atoms with E-state index in [0.717, 1.165) is 0 Å². The minimum absolute atomic E-state index is 0.0441. The number of nitro benzene ring substituents is 1. The zero-order valence-corrected chi connectivity index (χ0v) is 12.2. The van der Waals surface area contributed by atoms with Crippen molar-refractivity contribution in [1.29, 1.82) is 0 Å². The highest BCUT2D eigenvalue weighted by molar-refractivity contribution is 5.89. The lowest BCUT2D eigenvalue weighted by Crippen LogP contribution is -2.57. The van der Waals surface area contributed by atoms with Crippen molar-refractivity contribution in [2.45, 2.75) is 19.4 Å². The van der Waals surface area contributed by atoms with Gasteiger partial charge in [0, 0.05) is 25.2 Å². The zero-order chi connectivity index (χ0) is 16.1. The molecule has 2 amide bonds. The van der Waals surface area contributed by atoms with E-state index in [2.05, 4.69) is 5.32 Å². The summed E-state index contributed by atoms with van der Waals surface area (Å²) in [7, 11) is 0. The van der Waals surface area contributed by atoms with E-state index in [9.17, 15) is 19.7 Å². The van der Waals surface area contributed by atoms with Crippen LogP contribution in [0.2, 0.25) is 0 Å². The third kappa shape index (κ3) is 3.51. The van der Waals surface area contributed by atoms with Crippen LogP contribution >= 0.6 is 0 Å². The molecule has 0 unspecified atom stereocenters. The molecule has 0 spiro atoms. The first-order valence-corrected chi connectivity index (χ1v) is 6.97. The summed E-state index contributed by atoms with van der Waals surface area (Å²) in [6.07, 6.45) is 0.537. The van der Waals surface area contributed by atoms with E-state index in [1.165, 1.54) is 29.2 Å². The third-order valence-corrected chi connectivity index (χ3v) is 3.45. The number of nitrogens with zero attached hydrogens (tertiary/aromatic N) is 2. The summed E-state index contributed by atoms with van der Waals surface area (Å²) in [4.78, 5) is 35.4. The van der Waals surface area contributed by atoms with Gasteiger partial charge in [0.25, 0.3) is 11.6 Å². The Labute approximate surface area is 127 Å². The smallest absolute Gasteiger partial charge is 0.269 e. The lowest BCUT2D eigenvalue weighted by atomic mass is 10.1. The Morgan fingerprint density at radius 1 is 1.45 bits per heavy atom. The Morgan fingerprint density at radius 2 is 2.14 bits per heavy atom. The standard InChI is InChI=1S/C14H17N3O5/c1-2-12-14(19)15-7-8-16(12)13(18)9-22-11-5-3-10(4-6-11)17(20)21/h3-6,12H,2,7-9H2,1H3,(H,15,19)/t12-/m0/s1. The van der Waals surface area contributed by atoms with Gasteiger partial charge < -0.3 is 15.0 Å². The van der Waals surface area contributed by atoms with Crippen LogP contribution in [0, 0.1) is 10.1 Å². The van der Waals surface area contributed by atoms with Crippen LogP contribution in [-0.4, -0.2) is 47.4 Å². The lowest BCUT2D eigenvalue weighted by molar-refractivity contribution is -0.384. The first-order valence-electron chi connectivity index (χ1n) is 6.97. The molecule has 2 rings (SSSR count). The van der Waals surface area contributed by atoms with Crippen LogP contribution in [0.1, 0.15) is 13.3 Å². The molecule has 1 fully saturated rings. The number of hydrogen-bond acceptors (Lipinski definition) is 5. The van der Waals surface area contributed by atoms with Gasteiger partial charge in [0.15, 0.2) is 6.61 Å². The molecule has 1 aliphatic heterocycles. The molecule has 1 N–H and O–H groups in total. The minimum Gasteiger partial charge on any atom is -0.484 e. The topological polar surface area (TPSA) is 102 Å². The number of ether oxygens (including phenoxy) is 1. The Balaban J connectivity index is 1.94. The minimum atomic E-state index is -0.507. The van der Waals surface area contributed by atoms with Gasteiger partial charge >= 0.3 is 0 Å². The number of benzene rings is 1. The van der Waals surface area contributed by atoms with Crippen LogP contribution in [0.15, 0.2) is 24.3 Å². The predicted molar refractivity (Wildman–Crippen MR) is 77.4 cm³/mol. The number of nitrogens with one attached hydrogen (secondary N) is 1. The highest BCUT2D eigenvalue weighted by atomic mass is 16.6. The van der Waals surface area contributed by atoms with Crippen LogP contribution in [0.4, 0.5) is 5.69 Å². The first-order chi connectivity index (χ1) is 10.5. The fourth-order valence-corrected chi connectivity index (χ4v) is 2.31. The highest BCUT2D eigenvalue weighted by Crippen LogP contribution is 2.17. The first kappa shape index (κ1) is 15.7. The summed E-state index contributed by atoms with van der Waals surface area (Å²) < 4.78 is 5.34. The van der Waals surface area contributed by atoms with Crippen molar-refractivity contribution in [3.8, 4) is 5.75 Å². The van der Waals surface area contributed by atoms with E-state index in [4.69, 9.17) is 4.74 Å². The number of hydrogen-bond donors (Lipinski definition) is 1. The van der Waals surface area contributed by atoms with Crippen LogP contribution in [0.5, 0.6) is 5.75 Å². The van der Waals surface area contributed by atoms with Gasteiger partial charge in [-0.15, -0.1) is 0 Å². The van der Waals surface area contributed by atoms with Gasteiger partial charge in [-0.1, -0.05) is 6.92 Å². The monoisotopic (exact) mass is 307 g/mol. The quantitative estimate of drug-likeness (QED) is 0.637. The Hall–Kier alpha value is -2.64. The molecule has 0 aliphatic carbocycles. The zero-order valence-electron chi connectivity index (χ0n) is 12.2. The van der Waals surface area contributed by atoms with Crippen molar-refractivity contribution in [3.63, 3.8) is 0 Å². The largest absolute Gasteiger partial charge is 0.484 e. The van der Waals surface area contributed by atoms with Gasteiger partial charge in [-0.25, -0.2) is 0 Å². The Kier molecular flexibility index (Phi) is 4.92. The van der Waals surface area contributed by atoms with Gasteiger partial charge in [0.1, 0.15) is 11.8 Å². The second kappa shape index (κ2) is 6.88. The SMILES string of the molecule is CC[C@H]1C(=O)NCCN1C(=O)COc1ccc([N+](=O)[O-])cc1. The van der Waals surface area contributed by atoms with E-state index in [1.807, 2.05) is 6.92 Å². The maximum absolute atomic E-state index is 12.2. The fraction of sp³-hybridized carbons (Fsp3) is 0.429. The molecule has 22 heavy (non-hydrogen) atoms. The van der Waals surface area contributed by atoms with E-state index in [0.29, 0.717) is 25.3 Å². The Morgan fingerprint density at radius 3 is 2.73 bits per heavy atom. The summed E-state index contributed by atoms with van der Waals surface area (Å²) in [5.74, 6) is -0.0639. The van der Waals surface area contributed by atoms with Crippen LogP contribution < -0.4 is 10.1 Å². The predicted octanol–water partition coefficient (Wildman–Crippen LogP) is 0.711. The number of amides is 2. The summed E-state index contributed by atoms with van der Waals surface area (Å²) in [6.45, 7) is 2.51. The molecule has 8 heteroatoms. The molecule has 1 aromatic carbocycles. The van der Waals surface area contributed by atoms with Gasteiger partial charge in [-0.3, -0.25) is 19.7 Å². The van der Waals surface area contributed by atoms with E-state index >= 15 is 0 Å². The second-order valence-electron chi connectivity index (χ2n) is 4.84. The molecule has 118 valence electrons.